The van der Waals surface area contributed by atoms with Crippen molar-refractivity contribution >= 4 is 11.6 Å². The topological polar surface area (TPSA) is 49.8 Å². The number of aromatic nitrogens is 2. The average Bonchev–Trinajstić information content (AvgIpc) is 2.38. The van der Waals surface area contributed by atoms with Crippen LogP contribution in [0.2, 0.25) is 0 Å². The lowest BCUT2D eigenvalue weighted by Gasteiger charge is -2.28. The van der Waals surface area contributed by atoms with Gasteiger partial charge in [-0.2, -0.15) is 0 Å². The summed E-state index contributed by atoms with van der Waals surface area (Å²) >= 11 is 0. The third-order valence-corrected chi connectivity index (χ3v) is 3.96. The van der Waals surface area contributed by atoms with Gasteiger partial charge in [-0.3, -0.25) is 0 Å². The predicted octanol–water partition coefficient (Wildman–Crippen LogP) is 3.52. The Balaban J connectivity index is 2.11. The van der Waals surface area contributed by atoms with Crippen molar-refractivity contribution in [3.8, 4) is 0 Å². The molecule has 0 bridgehead atoms. The first-order valence-corrected chi connectivity index (χ1v) is 7.45. The highest BCUT2D eigenvalue weighted by molar-refractivity contribution is 5.57. The second kappa shape index (κ2) is 6.22. The Morgan fingerprint density at radius 2 is 1.68 bits per heavy atom. The summed E-state index contributed by atoms with van der Waals surface area (Å²) in [5.74, 6) is 3.67. The van der Waals surface area contributed by atoms with E-state index in [4.69, 9.17) is 0 Å². The molecule has 1 fully saturated rings. The molecule has 1 saturated carbocycles. The number of anilines is 2. The van der Waals surface area contributed by atoms with Crippen molar-refractivity contribution in [3.63, 3.8) is 0 Å². The van der Waals surface area contributed by atoms with Gasteiger partial charge in [0, 0.05) is 18.2 Å². The van der Waals surface area contributed by atoms with Crippen LogP contribution >= 0.6 is 0 Å². The fraction of sp³-hybridized carbons (Fsp3) is 0.733. The normalized spacial score (nSPS) is 23.2. The fourth-order valence-corrected chi connectivity index (χ4v) is 2.71. The molecule has 0 unspecified atom stereocenters. The van der Waals surface area contributed by atoms with Crippen LogP contribution in [0.3, 0.4) is 0 Å². The van der Waals surface area contributed by atoms with Crippen LogP contribution in [0.5, 0.6) is 0 Å². The summed E-state index contributed by atoms with van der Waals surface area (Å²) in [4.78, 5) is 9.03. The first-order valence-electron chi connectivity index (χ1n) is 7.45. The summed E-state index contributed by atoms with van der Waals surface area (Å²) in [6.45, 7) is 9.36. The first-order chi connectivity index (χ1) is 9.10. The molecule has 1 aliphatic rings. The zero-order valence-electron chi connectivity index (χ0n) is 12.6. The standard InChI is InChI=1S/C15H26N4/c1-5-16-14-11(3)15(18-12(4)17-14)19-13-8-6-10(2)7-9-13/h10,13H,5-9H2,1-4H3,(H2,16,17,18,19). The van der Waals surface area contributed by atoms with E-state index in [-0.39, 0.29) is 0 Å². The predicted molar refractivity (Wildman–Crippen MR) is 80.7 cm³/mol. The second-order valence-electron chi connectivity index (χ2n) is 5.72. The number of rotatable bonds is 4. The third-order valence-electron chi connectivity index (χ3n) is 3.96. The second-order valence-corrected chi connectivity index (χ2v) is 5.72. The molecule has 4 heteroatoms. The molecule has 4 nitrogen and oxygen atoms in total. The minimum absolute atomic E-state index is 0.568. The Hall–Kier alpha value is -1.32. The fourth-order valence-electron chi connectivity index (χ4n) is 2.71. The Labute approximate surface area is 116 Å². The van der Waals surface area contributed by atoms with E-state index in [1.807, 2.05) is 6.92 Å². The minimum Gasteiger partial charge on any atom is -0.370 e. The molecule has 0 atom stereocenters. The van der Waals surface area contributed by atoms with Crippen LogP contribution in [0.15, 0.2) is 0 Å². The van der Waals surface area contributed by atoms with Crippen molar-refractivity contribution in [2.24, 2.45) is 5.92 Å². The highest BCUT2D eigenvalue weighted by Gasteiger charge is 2.19. The molecular weight excluding hydrogens is 236 g/mol. The molecule has 1 aliphatic carbocycles. The monoisotopic (exact) mass is 262 g/mol. The number of nitrogens with one attached hydrogen (secondary N) is 2. The van der Waals surface area contributed by atoms with Gasteiger partial charge in [-0.25, -0.2) is 9.97 Å². The molecule has 1 aromatic heterocycles. The lowest BCUT2D eigenvalue weighted by atomic mass is 9.87. The number of aryl methyl sites for hydroxylation is 1. The smallest absolute Gasteiger partial charge is 0.134 e. The molecule has 0 radical (unpaired) electrons. The molecule has 19 heavy (non-hydrogen) atoms. The van der Waals surface area contributed by atoms with E-state index in [0.717, 1.165) is 35.5 Å². The summed E-state index contributed by atoms with van der Waals surface area (Å²) in [6.07, 6.45) is 5.14. The third kappa shape index (κ3) is 3.58. The van der Waals surface area contributed by atoms with E-state index in [2.05, 4.69) is 41.4 Å². The van der Waals surface area contributed by atoms with Gasteiger partial charge in [-0.15, -0.1) is 0 Å². The van der Waals surface area contributed by atoms with E-state index in [1.165, 1.54) is 25.7 Å². The molecule has 1 aromatic rings. The maximum atomic E-state index is 4.57. The Morgan fingerprint density at radius 1 is 1.05 bits per heavy atom. The van der Waals surface area contributed by atoms with Crippen molar-refractivity contribution in [3.05, 3.63) is 11.4 Å². The van der Waals surface area contributed by atoms with Crippen LogP contribution in [0.25, 0.3) is 0 Å². The first kappa shape index (κ1) is 14.1. The molecule has 0 saturated heterocycles. The van der Waals surface area contributed by atoms with E-state index < -0.39 is 0 Å². The van der Waals surface area contributed by atoms with E-state index in [1.54, 1.807) is 0 Å². The number of hydrogen-bond donors (Lipinski definition) is 2. The van der Waals surface area contributed by atoms with Gasteiger partial charge in [0.15, 0.2) is 0 Å². The summed E-state index contributed by atoms with van der Waals surface area (Å²) in [5.41, 5.74) is 1.13. The lowest BCUT2D eigenvalue weighted by molar-refractivity contribution is 0.360. The van der Waals surface area contributed by atoms with Crippen molar-refractivity contribution in [2.75, 3.05) is 17.2 Å². The molecule has 2 rings (SSSR count). The maximum Gasteiger partial charge on any atom is 0.134 e. The highest BCUT2D eigenvalue weighted by atomic mass is 15.1. The highest BCUT2D eigenvalue weighted by Crippen LogP contribution is 2.27. The van der Waals surface area contributed by atoms with Gasteiger partial charge in [-0.1, -0.05) is 6.92 Å². The summed E-state index contributed by atoms with van der Waals surface area (Å²) in [7, 11) is 0. The minimum atomic E-state index is 0.568. The Bertz CT molecular complexity index is 422. The summed E-state index contributed by atoms with van der Waals surface area (Å²) < 4.78 is 0. The van der Waals surface area contributed by atoms with Crippen LogP contribution in [0.4, 0.5) is 11.6 Å². The average molecular weight is 262 g/mol. The molecule has 106 valence electrons. The molecule has 0 aliphatic heterocycles. The summed E-state index contributed by atoms with van der Waals surface area (Å²) in [5, 5.41) is 6.93. The Morgan fingerprint density at radius 3 is 2.32 bits per heavy atom. The summed E-state index contributed by atoms with van der Waals surface area (Å²) in [6, 6.07) is 0.568. The van der Waals surface area contributed by atoms with Gasteiger partial charge in [0.2, 0.25) is 0 Å². The molecule has 0 aromatic carbocycles. The van der Waals surface area contributed by atoms with Gasteiger partial charge in [-0.05, 0) is 52.4 Å². The molecule has 0 amide bonds. The van der Waals surface area contributed by atoms with Crippen molar-refractivity contribution in [1.82, 2.24) is 9.97 Å². The van der Waals surface area contributed by atoms with Gasteiger partial charge < -0.3 is 10.6 Å². The molecule has 1 heterocycles. The zero-order chi connectivity index (χ0) is 13.8. The van der Waals surface area contributed by atoms with E-state index in [0.29, 0.717) is 6.04 Å². The lowest BCUT2D eigenvalue weighted by Crippen LogP contribution is -2.26. The van der Waals surface area contributed by atoms with Crippen molar-refractivity contribution < 1.29 is 0 Å². The maximum absolute atomic E-state index is 4.57. The van der Waals surface area contributed by atoms with Gasteiger partial charge >= 0.3 is 0 Å². The quantitative estimate of drug-likeness (QED) is 0.871. The van der Waals surface area contributed by atoms with Crippen LogP contribution in [0.1, 0.15) is 50.9 Å². The van der Waals surface area contributed by atoms with E-state index in [9.17, 15) is 0 Å². The molecular formula is C15H26N4. The number of hydrogen-bond acceptors (Lipinski definition) is 4. The van der Waals surface area contributed by atoms with Crippen LogP contribution in [0, 0.1) is 19.8 Å². The molecule has 2 N–H and O–H groups in total. The largest absolute Gasteiger partial charge is 0.370 e. The Kier molecular flexibility index (Phi) is 4.61. The molecule has 0 spiro atoms. The van der Waals surface area contributed by atoms with Crippen LogP contribution in [-0.2, 0) is 0 Å². The van der Waals surface area contributed by atoms with E-state index >= 15 is 0 Å². The van der Waals surface area contributed by atoms with Gasteiger partial charge in [0.1, 0.15) is 17.5 Å². The zero-order valence-corrected chi connectivity index (χ0v) is 12.6. The SMILES string of the molecule is CCNc1nc(C)nc(NC2CCC(C)CC2)c1C. The van der Waals surface area contributed by atoms with Gasteiger partial charge in [0.25, 0.3) is 0 Å². The number of nitrogens with zero attached hydrogens (tertiary/aromatic N) is 2. The van der Waals surface area contributed by atoms with Crippen LogP contribution < -0.4 is 10.6 Å². The van der Waals surface area contributed by atoms with Gasteiger partial charge in [0.05, 0.1) is 0 Å². The van der Waals surface area contributed by atoms with Crippen molar-refractivity contribution in [2.45, 2.75) is 59.4 Å². The van der Waals surface area contributed by atoms with Crippen LogP contribution in [-0.4, -0.2) is 22.6 Å². The van der Waals surface area contributed by atoms with Crippen molar-refractivity contribution in [1.29, 1.82) is 0 Å².